The van der Waals surface area contributed by atoms with Gasteiger partial charge in [-0.2, -0.15) is 0 Å². The summed E-state index contributed by atoms with van der Waals surface area (Å²) < 4.78 is 5.22. The van der Waals surface area contributed by atoms with Crippen LogP contribution < -0.4 is 5.32 Å². The number of aryl methyl sites for hydroxylation is 1. The van der Waals surface area contributed by atoms with E-state index in [1.807, 2.05) is 12.1 Å². The Labute approximate surface area is 132 Å². The summed E-state index contributed by atoms with van der Waals surface area (Å²) in [4.78, 5) is 11.8. The number of hydrogen-bond acceptors (Lipinski definition) is 2. The molecule has 0 aliphatic rings. The minimum Gasteiger partial charge on any atom is -0.469 e. The molecule has 2 aromatic rings. The van der Waals surface area contributed by atoms with Gasteiger partial charge in [-0.15, -0.1) is 0 Å². The fourth-order valence-corrected chi connectivity index (χ4v) is 2.30. The number of rotatable bonds is 6. The second kappa shape index (κ2) is 7.30. The number of furan rings is 1. The molecular formula is C19H25NO2. The molecule has 0 fully saturated rings. The van der Waals surface area contributed by atoms with Crippen LogP contribution in [0.15, 0.2) is 47.1 Å². The van der Waals surface area contributed by atoms with Crippen molar-refractivity contribution in [2.24, 2.45) is 0 Å². The maximum Gasteiger partial charge on any atom is 0.220 e. The lowest BCUT2D eigenvalue weighted by atomic mass is 9.86. The van der Waals surface area contributed by atoms with Crippen molar-refractivity contribution in [2.75, 3.05) is 6.54 Å². The molecule has 0 aliphatic heterocycles. The summed E-state index contributed by atoms with van der Waals surface area (Å²) in [5.41, 5.74) is 2.76. The first-order chi connectivity index (χ1) is 10.4. The number of hydrogen-bond donors (Lipinski definition) is 1. The standard InChI is InChI=1S/C19H25NO2/c1-19(2,3)16-8-6-15(7-9-16)12-13-20-18(21)11-10-17-5-4-14-22-17/h4-9,14H,10-13H2,1-3H3,(H,20,21). The van der Waals surface area contributed by atoms with Gasteiger partial charge in [0.1, 0.15) is 5.76 Å². The minimum atomic E-state index is 0.0720. The van der Waals surface area contributed by atoms with Crippen LogP contribution in [0, 0.1) is 0 Å². The lowest BCUT2D eigenvalue weighted by Crippen LogP contribution is -2.25. The Morgan fingerprint density at radius 3 is 2.41 bits per heavy atom. The number of carbonyl (C=O) groups is 1. The SMILES string of the molecule is CC(C)(C)c1ccc(CCNC(=O)CCc2ccco2)cc1. The number of benzene rings is 1. The van der Waals surface area contributed by atoms with E-state index in [0.717, 1.165) is 12.2 Å². The Morgan fingerprint density at radius 2 is 1.82 bits per heavy atom. The largest absolute Gasteiger partial charge is 0.469 e. The molecule has 1 aromatic carbocycles. The first-order valence-electron chi connectivity index (χ1n) is 7.83. The van der Waals surface area contributed by atoms with Gasteiger partial charge in [0.15, 0.2) is 0 Å². The van der Waals surface area contributed by atoms with E-state index >= 15 is 0 Å². The van der Waals surface area contributed by atoms with Crippen molar-refractivity contribution in [2.45, 2.75) is 45.4 Å². The lowest BCUT2D eigenvalue weighted by molar-refractivity contribution is -0.121. The monoisotopic (exact) mass is 299 g/mol. The van der Waals surface area contributed by atoms with Gasteiger partial charge in [0.05, 0.1) is 6.26 Å². The van der Waals surface area contributed by atoms with Crippen molar-refractivity contribution in [3.8, 4) is 0 Å². The third-order valence-electron chi connectivity index (χ3n) is 3.73. The topological polar surface area (TPSA) is 42.2 Å². The van der Waals surface area contributed by atoms with Crippen LogP contribution in [0.3, 0.4) is 0 Å². The van der Waals surface area contributed by atoms with E-state index in [1.54, 1.807) is 6.26 Å². The van der Waals surface area contributed by atoms with E-state index in [-0.39, 0.29) is 11.3 Å². The third kappa shape index (κ3) is 5.06. The van der Waals surface area contributed by atoms with Crippen molar-refractivity contribution in [3.63, 3.8) is 0 Å². The summed E-state index contributed by atoms with van der Waals surface area (Å²) in [6.45, 7) is 7.30. The van der Waals surface area contributed by atoms with E-state index in [2.05, 4.69) is 50.4 Å². The second-order valence-electron chi connectivity index (χ2n) is 6.63. The van der Waals surface area contributed by atoms with Gasteiger partial charge in [-0.3, -0.25) is 4.79 Å². The molecular weight excluding hydrogens is 274 g/mol. The summed E-state index contributed by atoms with van der Waals surface area (Å²) in [5, 5.41) is 2.96. The van der Waals surface area contributed by atoms with Gasteiger partial charge < -0.3 is 9.73 Å². The molecule has 1 heterocycles. The molecule has 0 bridgehead atoms. The fraction of sp³-hybridized carbons (Fsp3) is 0.421. The highest BCUT2D eigenvalue weighted by atomic mass is 16.3. The molecule has 0 aliphatic carbocycles. The van der Waals surface area contributed by atoms with E-state index < -0.39 is 0 Å². The molecule has 22 heavy (non-hydrogen) atoms. The summed E-state index contributed by atoms with van der Waals surface area (Å²) >= 11 is 0. The van der Waals surface area contributed by atoms with Crippen molar-refractivity contribution in [1.82, 2.24) is 5.32 Å². The first-order valence-corrected chi connectivity index (χ1v) is 7.83. The normalized spacial score (nSPS) is 11.4. The van der Waals surface area contributed by atoms with E-state index in [9.17, 15) is 4.79 Å². The Bertz CT molecular complexity index is 577. The molecule has 1 aromatic heterocycles. The zero-order valence-electron chi connectivity index (χ0n) is 13.7. The van der Waals surface area contributed by atoms with Crippen LogP contribution in [-0.4, -0.2) is 12.5 Å². The predicted molar refractivity (Wildman–Crippen MR) is 88.9 cm³/mol. The second-order valence-corrected chi connectivity index (χ2v) is 6.63. The molecule has 0 unspecified atom stereocenters. The molecule has 118 valence electrons. The van der Waals surface area contributed by atoms with Crippen molar-refractivity contribution in [3.05, 3.63) is 59.5 Å². The third-order valence-corrected chi connectivity index (χ3v) is 3.73. The van der Waals surface area contributed by atoms with Crippen LogP contribution in [0.4, 0.5) is 0 Å². The maximum atomic E-state index is 11.8. The Balaban J connectivity index is 1.70. The highest BCUT2D eigenvalue weighted by Crippen LogP contribution is 2.22. The average molecular weight is 299 g/mol. The molecule has 1 amide bonds. The molecule has 3 nitrogen and oxygen atoms in total. The highest BCUT2D eigenvalue weighted by molar-refractivity contribution is 5.76. The summed E-state index contributed by atoms with van der Waals surface area (Å²) in [6, 6.07) is 12.4. The summed E-state index contributed by atoms with van der Waals surface area (Å²) in [6.07, 6.45) is 3.61. The Morgan fingerprint density at radius 1 is 1.09 bits per heavy atom. The van der Waals surface area contributed by atoms with Crippen LogP contribution in [0.2, 0.25) is 0 Å². The molecule has 0 spiro atoms. The Kier molecular flexibility index (Phi) is 5.42. The van der Waals surface area contributed by atoms with Crippen molar-refractivity contribution < 1.29 is 9.21 Å². The lowest BCUT2D eigenvalue weighted by Gasteiger charge is -2.19. The van der Waals surface area contributed by atoms with Gasteiger partial charge in [0, 0.05) is 19.4 Å². The van der Waals surface area contributed by atoms with Crippen molar-refractivity contribution in [1.29, 1.82) is 0 Å². The van der Waals surface area contributed by atoms with Crippen LogP contribution in [-0.2, 0) is 23.1 Å². The van der Waals surface area contributed by atoms with E-state index in [1.165, 1.54) is 11.1 Å². The van der Waals surface area contributed by atoms with Gasteiger partial charge >= 0.3 is 0 Å². The van der Waals surface area contributed by atoms with Crippen LogP contribution >= 0.6 is 0 Å². The first kappa shape index (κ1) is 16.3. The molecule has 0 saturated carbocycles. The highest BCUT2D eigenvalue weighted by Gasteiger charge is 2.12. The number of nitrogens with one attached hydrogen (secondary N) is 1. The summed E-state index contributed by atoms with van der Waals surface area (Å²) in [5.74, 6) is 0.927. The van der Waals surface area contributed by atoms with Crippen LogP contribution in [0.25, 0.3) is 0 Å². The van der Waals surface area contributed by atoms with Gasteiger partial charge in [-0.05, 0) is 35.1 Å². The minimum absolute atomic E-state index is 0.0720. The molecule has 0 atom stereocenters. The average Bonchev–Trinajstić information content (AvgIpc) is 2.98. The van der Waals surface area contributed by atoms with Crippen molar-refractivity contribution >= 4 is 5.91 Å². The van der Waals surface area contributed by atoms with Gasteiger partial charge in [-0.1, -0.05) is 45.0 Å². The molecule has 0 radical (unpaired) electrons. The zero-order chi connectivity index (χ0) is 16.0. The number of amides is 1. The van der Waals surface area contributed by atoms with E-state index in [0.29, 0.717) is 19.4 Å². The number of carbonyl (C=O) groups excluding carboxylic acids is 1. The maximum absolute atomic E-state index is 11.8. The molecule has 2 rings (SSSR count). The van der Waals surface area contributed by atoms with Crippen LogP contribution in [0.1, 0.15) is 44.1 Å². The molecule has 0 saturated heterocycles. The van der Waals surface area contributed by atoms with Gasteiger partial charge in [0.25, 0.3) is 0 Å². The molecule has 1 N–H and O–H groups in total. The van der Waals surface area contributed by atoms with E-state index in [4.69, 9.17) is 4.42 Å². The van der Waals surface area contributed by atoms with Gasteiger partial charge in [-0.25, -0.2) is 0 Å². The summed E-state index contributed by atoms with van der Waals surface area (Å²) in [7, 11) is 0. The van der Waals surface area contributed by atoms with Crippen LogP contribution in [0.5, 0.6) is 0 Å². The quantitative estimate of drug-likeness (QED) is 0.880. The fourth-order valence-electron chi connectivity index (χ4n) is 2.30. The smallest absolute Gasteiger partial charge is 0.220 e. The molecule has 3 heteroatoms. The Hall–Kier alpha value is -2.03. The predicted octanol–water partition coefficient (Wildman–Crippen LogP) is 3.87. The van der Waals surface area contributed by atoms with Gasteiger partial charge in [0.2, 0.25) is 5.91 Å². The zero-order valence-corrected chi connectivity index (χ0v) is 13.7.